The van der Waals surface area contributed by atoms with Gasteiger partial charge in [0.2, 0.25) is 5.91 Å². The van der Waals surface area contributed by atoms with E-state index in [2.05, 4.69) is 15.7 Å². The predicted octanol–water partition coefficient (Wildman–Crippen LogP) is 1.18. The molecule has 0 aliphatic carbocycles. The van der Waals surface area contributed by atoms with E-state index in [0.29, 0.717) is 16.9 Å². The Kier molecular flexibility index (Phi) is 6.96. The molecule has 2 aromatic carbocycles. The molecule has 3 aromatic rings. The lowest BCUT2D eigenvalue weighted by Gasteiger charge is -2.10. The van der Waals surface area contributed by atoms with Gasteiger partial charge in [-0.15, -0.1) is 0 Å². The Labute approximate surface area is 177 Å². The van der Waals surface area contributed by atoms with E-state index >= 15 is 0 Å². The zero-order chi connectivity index (χ0) is 22.4. The first-order valence-electron chi connectivity index (χ1n) is 9.43. The van der Waals surface area contributed by atoms with E-state index in [1.807, 2.05) is 0 Å². The number of anilines is 1. The van der Waals surface area contributed by atoms with Gasteiger partial charge >= 0.3 is 6.03 Å². The molecular formula is C21H22FN5O4. The van der Waals surface area contributed by atoms with Crippen LogP contribution in [0.1, 0.15) is 5.56 Å². The first-order chi connectivity index (χ1) is 14.9. The molecule has 9 nitrogen and oxygen atoms in total. The summed E-state index contributed by atoms with van der Waals surface area (Å²) in [5.41, 5.74) is 7.09. The van der Waals surface area contributed by atoms with Crippen LogP contribution in [0.4, 0.5) is 15.0 Å². The van der Waals surface area contributed by atoms with E-state index in [1.54, 1.807) is 42.5 Å². The third-order valence-electron chi connectivity index (χ3n) is 4.40. The van der Waals surface area contributed by atoms with Crippen molar-refractivity contribution in [2.45, 2.75) is 12.5 Å². The number of aliphatic hydroxyl groups excluding tert-OH is 2. The van der Waals surface area contributed by atoms with Gasteiger partial charge in [0, 0.05) is 18.2 Å². The fraction of sp³-hybridized carbons (Fsp3) is 0.190. The van der Waals surface area contributed by atoms with Crippen molar-refractivity contribution < 1.29 is 24.2 Å². The first kappa shape index (κ1) is 21.9. The number of nitrogens with one attached hydrogen (secondary N) is 2. The number of hydrogen-bond acceptors (Lipinski definition) is 5. The number of halogens is 1. The first-order valence-corrected chi connectivity index (χ1v) is 9.43. The lowest BCUT2D eigenvalue weighted by molar-refractivity contribution is -0.121. The SMILES string of the molecule is NC(=O)Nc1cc(-c2ccccc2F)nn1-c1ccc(CC(=O)NCC(O)CO)cc1. The number of carbonyl (C=O) groups excluding carboxylic acids is 2. The van der Waals surface area contributed by atoms with Crippen molar-refractivity contribution in [3.8, 4) is 16.9 Å². The van der Waals surface area contributed by atoms with Gasteiger partial charge in [-0.05, 0) is 29.8 Å². The number of hydrogen-bond donors (Lipinski definition) is 5. The number of amides is 3. The van der Waals surface area contributed by atoms with Crippen molar-refractivity contribution in [2.75, 3.05) is 18.5 Å². The number of nitrogens with two attached hydrogens (primary N) is 1. The predicted molar refractivity (Wildman–Crippen MR) is 112 cm³/mol. The molecule has 1 aromatic heterocycles. The van der Waals surface area contributed by atoms with Crippen LogP contribution in [0.25, 0.3) is 16.9 Å². The van der Waals surface area contributed by atoms with Crippen LogP contribution < -0.4 is 16.4 Å². The molecule has 3 amide bonds. The van der Waals surface area contributed by atoms with E-state index in [0.717, 1.165) is 0 Å². The fourth-order valence-electron chi connectivity index (χ4n) is 2.89. The van der Waals surface area contributed by atoms with E-state index in [1.165, 1.54) is 16.8 Å². The number of aromatic nitrogens is 2. The molecule has 0 spiro atoms. The number of primary amides is 1. The molecule has 0 saturated heterocycles. The molecule has 10 heteroatoms. The average Bonchev–Trinajstić information content (AvgIpc) is 3.15. The van der Waals surface area contributed by atoms with Crippen molar-refractivity contribution in [3.63, 3.8) is 0 Å². The summed E-state index contributed by atoms with van der Waals surface area (Å²) >= 11 is 0. The minimum Gasteiger partial charge on any atom is -0.394 e. The van der Waals surface area contributed by atoms with E-state index < -0.39 is 24.6 Å². The minimum atomic E-state index is -1.01. The number of urea groups is 1. The summed E-state index contributed by atoms with van der Waals surface area (Å²) in [4.78, 5) is 23.3. The van der Waals surface area contributed by atoms with Gasteiger partial charge in [0.15, 0.2) is 0 Å². The van der Waals surface area contributed by atoms with E-state index in [4.69, 9.17) is 10.8 Å². The molecule has 0 aliphatic heterocycles. The molecule has 0 bridgehead atoms. The lowest BCUT2D eigenvalue weighted by Crippen LogP contribution is -2.34. The van der Waals surface area contributed by atoms with Crippen LogP contribution >= 0.6 is 0 Å². The summed E-state index contributed by atoms with van der Waals surface area (Å²) in [6.45, 7) is -0.475. The highest BCUT2D eigenvalue weighted by atomic mass is 19.1. The Morgan fingerprint density at radius 3 is 2.52 bits per heavy atom. The minimum absolute atomic E-state index is 0.0400. The zero-order valence-electron chi connectivity index (χ0n) is 16.5. The Hall–Kier alpha value is -3.76. The quantitative estimate of drug-likeness (QED) is 0.367. The molecule has 0 fully saturated rings. The largest absolute Gasteiger partial charge is 0.394 e. The summed E-state index contributed by atoms with van der Waals surface area (Å²) in [5, 5.41) is 27.4. The van der Waals surface area contributed by atoms with Crippen molar-refractivity contribution in [2.24, 2.45) is 5.73 Å². The lowest BCUT2D eigenvalue weighted by atomic mass is 10.1. The molecule has 162 valence electrons. The third-order valence-corrected chi connectivity index (χ3v) is 4.40. The van der Waals surface area contributed by atoms with Crippen molar-refractivity contribution in [1.29, 1.82) is 0 Å². The maximum Gasteiger partial charge on any atom is 0.317 e. The molecule has 1 atom stereocenters. The molecule has 0 radical (unpaired) electrons. The van der Waals surface area contributed by atoms with Gasteiger partial charge in [-0.1, -0.05) is 24.3 Å². The van der Waals surface area contributed by atoms with Gasteiger partial charge in [-0.25, -0.2) is 13.9 Å². The topological polar surface area (TPSA) is 142 Å². The van der Waals surface area contributed by atoms with Crippen LogP contribution in [0.5, 0.6) is 0 Å². The van der Waals surface area contributed by atoms with Gasteiger partial charge in [0.1, 0.15) is 11.6 Å². The summed E-state index contributed by atoms with van der Waals surface area (Å²) in [6, 6.07) is 13.6. The number of aliphatic hydroxyl groups is 2. The van der Waals surface area contributed by atoms with Gasteiger partial charge in [0.25, 0.3) is 0 Å². The molecule has 0 saturated carbocycles. The number of benzene rings is 2. The van der Waals surface area contributed by atoms with Crippen molar-refractivity contribution in [3.05, 3.63) is 66.0 Å². The van der Waals surface area contributed by atoms with Crippen LogP contribution in [0, 0.1) is 5.82 Å². The Balaban J connectivity index is 1.82. The van der Waals surface area contributed by atoms with Gasteiger partial charge in [0.05, 0.1) is 30.5 Å². The van der Waals surface area contributed by atoms with Gasteiger partial charge in [-0.3, -0.25) is 10.1 Å². The molecule has 0 aliphatic rings. The molecule has 31 heavy (non-hydrogen) atoms. The average molecular weight is 427 g/mol. The molecule has 1 heterocycles. The highest BCUT2D eigenvalue weighted by Gasteiger charge is 2.15. The van der Waals surface area contributed by atoms with E-state index in [-0.39, 0.29) is 30.3 Å². The number of nitrogens with zero attached hydrogens (tertiary/aromatic N) is 2. The highest BCUT2D eigenvalue weighted by molar-refractivity contribution is 5.88. The maximum absolute atomic E-state index is 14.2. The van der Waals surface area contributed by atoms with E-state index in [9.17, 15) is 19.1 Å². The normalized spacial score (nSPS) is 11.7. The monoisotopic (exact) mass is 427 g/mol. The summed E-state index contributed by atoms with van der Waals surface area (Å²) in [6.07, 6.45) is -0.935. The van der Waals surface area contributed by atoms with Crippen molar-refractivity contribution >= 4 is 17.8 Å². The zero-order valence-corrected chi connectivity index (χ0v) is 16.5. The Bertz CT molecular complexity index is 1070. The fourth-order valence-corrected chi connectivity index (χ4v) is 2.89. The second kappa shape index (κ2) is 9.83. The van der Waals surface area contributed by atoms with Crippen LogP contribution in [0.15, 0.2) is 54.6 Å². The van der Waals surface area contributed by atoms with Crippen molar-refractivity contribution in [1.82, 2.24) is 15.1 Å². The molecule has 6 N–H and O–H groups in total. The van der Waals surface area contributed by atoms with Crippen LogP contribution in [-0.2, 0) is 11.2 Å². The maximum atomic E-state index is 14.2. The van der Waals surface area contributed by atoms with Crippen LogP contribution in [0.2, 0.25) is 0 Å². The smallest absolute Gasteiger partial charge is 0.317 e. The number of carbonyl (C=O) groups is 2. The standard InChI is InChI=1S/C21H22FN5O4/c22-17-4-2-1-3-16(17)18-10-19(25-21(23)31)27(26-18)14-7-5-13(6-8-14)9-20(30)24-11-15(29)12-28/h1-8,10,15,28-29H,9,11-12H2,(H,24,30)(H3,23,25,31). The molecular weight excluding hydrogens is 405 g/mol. The molecule has 3 rings (SSSR count). The van der Waals surface area contributed by atoms with Crippen LogP contribution in [-0.4, -0.2) is 51.2 Å². The highest BCUT2D eigenvalue weighted by Crippen LogP contribution is 2.26. The summed E-state index contributed by atoms with van der Waals surface area (Å²) in [5.74, 6) is -0.503. The number of rotatable bonds is 8. The van der Waals surface area contributed by atoms with Gasteiger partial charge < -0.3 is 21.3 Å². The second-order valence-electron chi connectivity index (χ2n) is 6.78. The molecule has 1 unspecified atom stereocenters. The Morgan fingerprint density at radius 2 is 1.87 bits per heavy atom. The summed E-state index contributed by atoms with van der Waals surface area (Å²) < 4.78 is 15.6. The summed E-state index contributed by atoms with van der Waals surface area (Å²) in [7, 11) is 0. The van der Waals surface area contributed by atoms with Gasteiger partial charge in [-0.2, -0.15) is 5.10 Å². The Morgan fingerprint density at radius 1 is 1.16 bits per heavy atom. The third kappa shape index (κ3) is 5.65. The second-order valence-corrected chi connectivity index (χ2v) is 6.78. The van der Waals surface area contributed by atoms with Crippen LogP contribution in [0.3, 0.4) is 0 Å².